The van der Waals surface area contributed by atoms with Gasteiger partial charge >= 0.3 is 5.97 Å². The Balaban J connectivity index is 3.60. The molecule has 0 aliphatic rings. The summed E-state index contributed by atoms with van der Waals surface area (Å²) in [5.74, 6) is -0.943. The van der Waals surface area contributed by atoms with Crippen LogP contribution in [-0.2, 0) is 9.53 Å². The van der Waals surface area contributed by atoms with Gasteiger partial charge in [0.1, 0.15) is 0 Å². The minimum atomic E-state index is -0.943. The van der Waals surface area contributed by atoms with Crippen molar-refractivity contribution in [1.29, 1.82) is 0 Å². The Kier molecular flexibility index (Phi) is 6.16. The van der Waals surface area contributed by atoms with Crippen LogP contribution in [0.3, 0.4) is 0 Å². The van der Waals surface area contributed by atoms with Gasteiger partial charge in [0.15, 0.2) is 0 Å². The van der Waals surface area contributed by atoms with Gasteiger partial charge in [-0.2, -0.15) is 0 Å². The van der Waals surface area contributed by atoms with Gasteiger partial charge in [0.05, 0.1) is 12.7 Å². The van der Waals surface area contributed by atoms with Crippen molar-refractivity contribution in [1.82, 2.24) is 4.90 Å². The van der Waals surface area contributed by atoms with E-state index in [-0.39, 0.29) is 11.7 Å². The van der Waals surface area contributed by atoms with Gasteiger partial charge in [-0.05, 0) is 20.9 Å². The Bertz CT molecular complexity index is 202. The molecule has 0 bridgehead atoms. The molecule has 0 aliphatic heterocycles. The van der Waals surface area contributed by atoms with Crippen LogP contribution in [0.2, 0.25) is 0 Å². The molecule has 1 N–H and O–H groups in total. The van der Waals surface area contributed by atoms with Crippen LogP contribution in [0.5, 0.6) is 0 Å². The van der Waals surface area contributed by atoms with Crippen molar-refractivity contribution in [3.8, 4) is 0 Å². The van der Waals surface area contributed by atoms with Crippen molar-refractivity contribution < 1.29 is 14.6 Å². The van der Waals surface area contributed by atoms with Crippen molar-refractivity contribution in [3.63, 3.8) is 0 Å². The predicted molar refractivity (Wildman–Crippen MR) is 55.4 cm³/mol. The van der Waals surface area contributed by atoms with E-state index in [0.717, 1.165) is 0 Å². The molecule has 0 amide bonds. The molecule has 0 aromatic rings. The first kappa shape index (κ1) is 13.1. The molecule has 0 unspecified atom stereocenters. The van der Waals surface area contributed by atoms with Crippen molar-refractivity contribution in [3.05, 3.63) is 12.2 Å². The van der Waals surface area contributed by atoms with Crippen LogP contribution in [-0.4, -0.2) is 48.8 Å². The van der Waals surface area contributed by atoms with Crippen molar-refractivity contribution >= 4 is 5.97 Å². The largest absolute Gasteiger partial charge is 0.478 e. The van der Waals surface area contributed by atoms with Crippen LogP contribution in [0.25, 0.3) is 0 Å². The number of hydrogen-bond acceptors (Lipinski definition) is 3. The average molecular weight is 201 g/mol. The van der Waals surface area contributed by atoms with Gasteiger partial charge in [0.2, 0.25) is 0 Å². The third-order valence-corrected chi connectivity index (χ3v) is 1.69. The zero-order valence-electron chi connectivity index (χ0n) is 9.12. The molecular weight excluding hydrogens is 182 g/mol. The highest BCUT2D eigenvalue weighted by molar-refractivity contribution is 5.86. The fraction of sp³-hybridized carbons (Fsp3) is 0.700. The number of hydrogen-bond donors (Lipinski definition) is 1. The van der Waals surface area contributed by atoms with E-state index in [0.29, 0.717) is 19.7 Å². The number of carboxylic acid groups (broad SMARTS) is 1. The van der Waals surface area contributed by atoms with Crippen LogP contribution in [0.1, 0.15) is 13.8 Å². The van der Waals surface area contributed by atoms with E-state index in [9.17, 15) is 4.79 Å². The topological polar surface area (TPSA) is 49.8 Å². The second kappa shape index (κ2) is 6.56. The first-order chi connectivity index (χ1) is 6.43. The summed E-state index contributed by atoms with van der Waals surface area (Å²) in [4.78, 5) is 12.3. The molecular formula is C10H19NO3. The first-order valence-electron chi connectivity index (χ1n) is 4.64. The number of aliphatic carboxylic acids is 1. The third kappa shape index (κ3) is 6.62. The lowest BCUT2D eigenvalue weighted by Crippen LogP contribution is -2.28. The number of nitrogens with zero attached hydrogens (tertiary/aromatic N) is 1. The highest BCUT2D eigenvalue weighted by Crippen LogP contribution is 1.95. The average Bonchev–Trinajstić information content (AvgIpc) is 2.02. The van der Waals surface area contributed by atoms with E-state index in [4.69, 9.17) is 9.84 Å². The van der Waals surface area contributed by atoms with E-state index in [2.05, 4.69) is 6.58 Å². The molecule has 0 heterocycles. The first-order valence-corrected chi connectivity index (χ1v) is 4.64. The van der Waals surface area contributed by atoms with E-state index in [1.807, 2.05) is 25.8 Å². The molecule has 0 atom stereocenters. The molecule has 0 saturated heterocycles. The zero-order chi connectivity index (χ0) is 11.1. The van der Waals surface area contributed by atoms with Gasteiger partial charge in [-0.3, -0.25) is 4.90 Å². The van der Waals surface area contributed by atoms with E-state index in [1.165, 1.54) is 0 Å². The number of ether oxygens (including phenoxy) is 1. The van der Waals surface area contributed by atoms with Gasteiger partial charge in [-0.15, -0.1) is 0 Å². The minimum Gasteiger partial charge on any atom is -0.478 e. The monoisotopic (exact) mass is 201 g/mol. The Hall–Kier alpha value is -0.870. The lowest BCUT2D eigenvalue weighted by atomic mass is 10.3. The summed E-state index contributed by atoms with van der Waals surface area (Å²) < 4.78 is 5.34. The minimum absolute atomic E-state index is 0.206. The third-order valence-electron chi connectivity index (χ3n) is 1.69. The summed E-state index contributed by atoms with van der Waals surface area (Å²) in [7, 11) is 1.85. The van der Waals surface area contributed by atoms with E-state index < -0.39 is 5.97 Å². The maximum atomic E-state index is 10.5. The smallest absolute Gasteiger partial charge is 0.332 e. The molecule has 0 aliphatic carbocycles. The maximum absolute atomic E-state index is 10.5. The van der Waals surface area contributed by atoms with Gasteiger partial charge in [-0.25, -0.2) is 4.79 Å². The lowest BCUT2D eigenvalue weighted by molar-refractivity contribution is -0.132. The molecule has 0 spiro atoms. The molecule has 0 saturated carbocycles. The standard InChI is InChI=1S/C10H19NO3/c1-8(2)14-6-5-11(4)7-9(3)10(12)13/h8H,3,5-7H2,1-2,4H3,(H,12,13). The van der Waals surface area contributed by atoms with E-state index in [1.54, 1.807) is 0 Å². The number of rotatable bonds is 7. The van der Waals surface area contributed by atoms with Crippen LogP contribution in [0, 0.1) is 0 Å². The van der Waals surface area contributed by atoms with Gasteiger partial charge in [-0.1, -0.05) is 6.58 Å². The zero-order valence-corrected chi connectivity index (χ0v) is 9.12. The molecule has 0 fully saturated rings. The summed E-state index contributed by atoms with van der Waals surface area (Å²) in [5.41, 5.74) is 0.206. The number of likely N-dealkylation sites (N-methyl/N-ethyl adjacent to an activating group) is 1. The number of carboxylic acids is 1. The summed E-state index contributed by atoms with van der Waals surface area (Å²) >= 11 is 0. The molecule has 14 heavy (non-hydrogen) atoms. The SMILES string of the molecule is C=C(CN(C)CCOC(C)C)C(=O)O. The maximum Gasteiger partial charge on any atom is 0.332 e. The molecule has 82 valence electrons. The Labute approximate surface area is 85.2 Å². The van der Waals surface area contributed by atoms with Crippen LogP contribution in [0.15, 0.2) is 12.2 Å². The van der Waals surface area contributed by atoms with Gasteiger partial charge < -0.3 is 9.84 Å². The van der Waals surface area contributed by atoms with E-state index >= 15 is 0 Å². The highest BCUT2D eigenvalue weighted by atomic mass is 16.5. The van der Waals surface area contributed by atoms with Crippen molar-refractivity contribution in [2.24, 2.45) is 0 Å². The summed E-state index contributed by atoms with van der Waals surface area (Å²) in [6, 6.07) is 0. The molecule has 0 aromatic carbocycles. The summed E-state index contributed by atoms with van der Waals surface area (Å²) in [5, 5.41) is 8.59. The van der Waals surface area contributed by atoms with Crippen molar-refractivity contribution in [2.45, 2.75) is 20.0 Å². The normalized spacial score (nSPS) is 10.9. The van der Waals surface area contributed by atoms with Gasteiger partial charge in [0.25, 0.3) is 0 Å². The Morgan fingerprint density at radius 2 is 2.14 bits per heavy atom. The van der Waals surface area contributed by atoms with Gasteiger partial charge in [0, 0.05) is 18.7 Å². The van der Waals surface area contributed by atoms with Crippen LogP contribution < -0.4 is 0 Å². The molecule has 0 aromatic heterocycles. The second-order valence-electron chi connectivity index (χ2n) is 3.57. The quantitative estimate of drug-likeness (QED) is 0.624. The Morgan fingerprint density at radius 3 is 2.57 bits per heavy atom. The van der Waals surface area contributed by atoms with Crippen LogP contribution >= 0.6 is 0 Å². The molecule has 4 nitrogen and oxygen atoms in total. The molecule has 0 radical (unpaired) electrons. The molecule has 0 rings (SSSR count). The summed E-state index contributed by atoms with van der Waals surface area (Å²) in [6.07, 6.45) is 0.214. The fourth-order valence-electron chi connectivity index (χ4n) is 0.917. The van der Waals surface area contributed by atoms with Crippen molar-refractivity contribution in [2.75, 3.05) is 26.7 Å². The number of carbonyl (C=O) groups is 1. The predicted octanol–water partition coefficient (Wildman–Crippen LogP) is 0.984. The second-order valence-corrected chi connectivity index (χ2v) is 3.57. The summed E-state index contributed by atoms with van der Waals surface area (Å²) in [6.45, 7) is 9.09. The van der Waals surface area contributed by atoms with Crippen LogP contribution in [0.4, 0.5) is 0 Å². The molecule has 4 heteroatoms. The fourth-order valence-corrected chi connectivity index (χ4v) is 0.917. The highest BCUT2D eigenvalue weighted by Gasteiger charge is 2.07. The lowest BCUT2D eigenvalue weighted by Gasteiger charge is -2.17. The Morgan fingerprint density at radius 1 is 1.57 bits per heavy atom.